The third-order valence-electron chi connectivity index (χ3n) is 5.58. The van der Waals surface area contributed by atoms with Gasteiger partial charge in [0, 0.05) is 5.69 Å². The van der Waals surface area contributed by atoms with Crippen molar-refractivity contribution in [2.45, 2.75) is 51.2 Å². The van der Waals surface area contributed by atoms with Gasteiger partial charge in [-0.1, -0.05) is 19.8 Å². The lowest BCUT2D eigenvalue weighted by molar-refractivity contribution is -0.155. The highest BCUT2D eigenvalue weighted by molar-refractivity contribution is 6.09. The maximum absolute atomic E-state index is 12.9. The summed E-state index contributed by atoms with van der Waals surface area (Å²) in [6.07, 6.45) is 2.03. The van der Waals surface area contributed by atoms with Crippen molar-refractivity contribution in [1.29, 1.82) is 0 Å². The Bertz CT molecular complexity index is 828. The minimum atomic E-state index is -1.16. The number of amides is 4. The lowest BCUT2D eigenvalue weighted by Crippen LogP contribution is -2.54. The van der Waals surface area contributed by atoms with Crippen LogP contribution in [0.5, 0.6) is 0 Å². The van der Waals surface area contributed by atoms with E-state index in [1.165, 1.54) is 31.2 Å². The van der Waals surface area contributed by atoms with Crippen molar-refractivity contribution < 1.29 is 28.3 Å². The summed E-state index contributed by atoms with van der Waals surface area (Å²) in [6, 6.07) is 4.50. The van der Waals surface area contributed by atoms with Crippen LogP contribution in [0.25, 0.3) is 0 Å². The van der Waals surface area contributed by atoms with Gasteiger partial charge in [-0.15, -0.1) is 0 Å². The van der Waals surface area contributed by atoms with Crippen molar-refractivity contribution in [1.82, 2.24) is 10.2 Å². The zero-order valence-electron chi connectivity index (χ0n) is 16.4. The Morgan fingerprint density at radius 3 is 2.66 bits per heavy atom. The molecule has 1 aliphatic carbocycles. The van der Waals surface area contributed by atoms with Crippen LogP contribution in [0.15, 0.2) is 24.3 Å². The molecule has 9 heteroatoms. The highest BCUT2D eigenvalue weighted by Gasteiger charge is 2.55. The van der Waals surface area contributed by atoms with Gasteiger partial charge in [-0.2, -0.15) is 0 Å². The van der Waals surface area contributed by atoms with Gasteiger partial charge in [0.25, 0.3) is 11.8 Å². The summed E-state index contributed by atoms with van der Waals surface area (Å²) >= 11 is 0. The minimum absolute atomic E-state index is 0.0193. The molecule has 2 N–H and O–H groups in total. The number of hydrogen-bond donors (Lipinski definition) is 2. The Kier molecular flexibility index (Phi) is 5.86. The molecule has 4 amide bonds. The number of nitrogens with zero attached hydrogens (tertiary/aromatic N) is 1. The maximum atomic E-state index is 12.9. The zero-order chi connectivity index (χ0) is 21.2. The summed E-state index contributed by atoms with van der Waals surface area (Å²) in [5.74, 6) is -2.36. The van der Waals surface area contributed by atoms with E-state index in [9.17, 15) is 23.6 Å². The largest absolute Gasteiger partial charge is 0.451 e. The van der Waals surface area contributed by atoms with E-state index in [0.29, 0.717) is 12.1 Å². The quantitative estimate of drug-likeness (QED) is 0.577. The molecule has 0 radical (unpaired) electrons. The van der Waals surface area contributed by atoms with Gasteiger partial charge in [0.05, 0.1) is 0 Å². The number of carbonyl (C=O) groups excluding carboxylic acids is 4. The van der Waals surface area contributed by atoms with Crippen LogP contribution in [0.2, 0.25) is 0 Å². The molecule has 0 unspecified atom stereocenters. The average molecular weight is 405 g/mol. The first-order chi connectivity index (χ1) is 13.7. The smallest absolute Gasteiger partial charge is 0.327 e. The molecule has 0 bridgehead atoms. The van der Waals surface area contributed by atoms with Gasteiger partial charge in [-0.25, -0.2) is 9.18 Å². The van der Waals surface area contributed by atoms with Crippen LogP contribution in [0.4, 0.5) is 14.9 Å². The van der Waals surface area contributed by atoms with Crippen LogP contribution in [0, 0.1) is 11.7 Å². The average Bonchev–Trinajstić information content (AvgIpc) is 2.91. The Morgan fingerprint density at radius 1 is 1.31 bits per heavy atom. The van der Waals surface area contributed by atoms with Crippen LogP contribution >= 0.6 is 0 Å². The summed E-state index contributed by atoms with van der Waals surface area (Å²) in [4.78, 5) is 50.4. The molecule has 29 heavy (non-hydrogen) atoms. The second-order valence-corrected chi connectivity index (χ2v) is 7.57. The van der Waals surface area contributed by atoms with Crippen molar-refractivity contribution >= 4 is 29.5 Å². The van der Waals surface area contributed by atoms with E-state index in [2.05, 4.69) is 10.6 Å². The van der Waals surface area contributed by atoms with E-state index in [0.717, 1.165) is 24.2 Å². The number of anilines is 1. The molecule has 1 saturated heterocycles. The van der Waals surface area contributed by atoms with Crippen molar-refractivity contribution in [2.24, 2.45) is 5.92 Å². The highest BCUT2D eigenvalue weighted by Crippen LogP contribution is 2.38. The van der Waals surface area contributed by atoms with Gasteiger partial charge in [0.1, 0.15) is 17.9 Å². The third kappa shape index (κ3) is 4.23. The molecule has 1 aromatic carbocycles. The topological polar surface area (TPSA) is 105 Å². The van der Waals surface area contributed by atoms with Crippen molar-refractivity contribution in [3.63, 3.8) is 0 Å². The highest BCUT2D eigenvalue weighted by atomic mass is 19.1. The molecule has 1 aliphatic heterocycles. The predicted octanol–water partition coefficient (Wildman–Crippen LogP) is 2.20. The van der Waals surface area contributed by atoms with Crippen LogP contribution < -0.4 is 10.6 Å². The molecule has 2 fully saturated rings. The lowest BCUT2D eigenvalue weighted by Gasteiger charge is -2.36. The first-order valence-corrected chi connectivity index (χ1v) is 9.63. The summed E-state index contributed by atoms with van der Waals surface area (Å²) in [6.45, 7) is 2.72. The predicted molar refractivity (Wildman–Crippen MR) is 101 cm³/mol. The number of rotatable bonds is 5. The van der Waals surface area contributed by atoms with Crippen LogP contribution in [0.3, 0.4) is 0 Å². The van der Waals surface area contributed by atoms with Crippen LogP contribution in [-0.2, 0) is 19.1 Å². The fraction of sp³-hybridized carbons (Fsp3) is 0.500. The molecular formula is C20H24FN3O5. The van der Waals surface area contributed by atoms with Gasteiger partial charge in [0.15, 0.2) is 6.10 Å². The molecule has 156 valence electrons. The minimum Gasteiger partial charge on any atom is -0.451 e. The summed E-state index contributed by atoms with van der Waals surface area (Å²) in [7, 11) is 0. The summed E-state index contributed by atoms with van der Waals surface area (Å²) < 4.78 is 18.0. The van der Waals surface area contributed by atoms with E-state index in [1.807, 2.05) is 6.92 Å². The summed E-state index contributed by atoms with van der Waals surface area (Å²) in [5.41, 5.74) is -0.608. The molecule has 8 nitrogen and oxygen atoms in total. The maximum Gasteiger partial charge on any atom is 0.327 e. The summed E-state index contributed by atoms with van der Waals surface area (Å²) in [5, 5.41) is 5.25. The SMILES string of the molecule is C[C@H](OC(=O)CN1C(=O)N[C@@]2(CCCC[C@H]2C)C1=O)C(=O)Nc1ccc(F)cc1. The van der Waals surface area contributed by atoms with Crippen LogP contribution in [-0.4, -0.2) is 46.9 Å². The van der Waals surface area contributed by atoms with Crippen molar-refractivity contribution in [3.05, 3.63) is 30.1 Å². The van der Waals surface area contributed by atoms with Crippen molar-refractivity contribution in [2.75, 3.05) is 11.9 Å². The molecule has 0 aromatic heterocycles. The van der Waals surface area contributed by atoms with Crippen molar-refractivity contribution in [3.8, 4) is 0 Å². The number of esters is 1. The number of hydrogen-bond acceptors (Lipinski definition) is 5. The number of urea groups is 1. The Balaban J connectivity index is 1.57. The molecule has 1 spiro atoms. The standard InChI is InChI=1S/C20H24FN3O5/c1-12-5-3-4-10-20(12)18(27)24(19(28)23-20)11-16(25)29-13(2)17(26)22-15-8-6-14(21)7-9-15/h6-9,12-13H,3-5,10-11H2,1-2H3,(H,22,26)(H,23,28)/t12-,13+,20-/m1/s1. The first-order valence-electron chi connectivity index (χ1n) is 9.63. The van der Waals surface area contributed by atoms with Crippen LogP contribution in [0.1, 0.15) is 39.5 Å². The van der Waals surface area contributed by atoms with Gasteiger partial charge in [0.2, 0.25) is 0 Å². The van der Waals surface area contributed by atoms with E-state index >= 15 is 0 Å². The lowest BCUT2D eigenvalue weighted by atomic mass is 9.73. The molecule has 3 rings (SSSR count). The van der Waals surface area contributed by atoms with E-state index < -0.39 is 47.8 Å². The Hall–Kier alpha value is -2.97. The first kappa shape index (κ1) is 20.8. The van der Waals surface area contributed by atoms with E-state index in [1.54, 1.807) is 0 Å². The molecule has 1 heterocycles. The van der Waals surface area contributed by atoms with Gasteiger partial charge in [-0.05, 0) is 49.9 Å². The Labute approximate surface area is 167 Å². The molecule has 1 aromatic rings. The van der Waals surface area contributed by atoms with Gasteiger partial charge in [-0.3, -0.25) is 19.3 Å². The van der Waals surface area contributed by atoms with E-state index in [4.69, 9.17) is 4.74 Å². The number of nitrogens with one attached hydrogen (secondary N) is 2. The molecule has 2 aliphatic rings. The fourth-order valence-corrected chi connectivity index (χ4v) is 3.83. The monoisotopic (exact) mass is 405 g/mol. The Morgan fingerprint density at radius 2 is 2.00 bits per heavy atom. The third-order valence-corrected chi connectivity index (χ3v) is 5.58. The van der Waals surface area contributed by atoms with E-state index in [-0.39, 0.29) is 5.92 Å². The number of ether oxygens (including phenoxy) is 1. The van der Waals surface area contributed by atoms with Gasteiger partial charge < -0.3 is 15.4 Å². The number of imide groups is 1. The normalized spacial score (nSPS) is 24.9. The second-order valence-electron chi connectivity index (χ2n) is 7.57. The number of benzene rings is 1. The number of halogens is 1. The number of carbonyl (C=O) groups is 4. The molecule has 1 saturated carbocycles. The molecular weight excluding hydrogens is 381 g/mol. The fourth-order valence-electron chi connectivity index (χ4n) is 3.83. The second kappa shape index (κ2) is 8.18. The zero-order valence-corrected chi connectivity index (χ0v) is 16.4. The molecule has 3 atom stereocenters. The van der Waals surface area contributed by atoms with Gasteiger partial charge >= 0.3 is 12.0 Å².